The minimum Gasteiger partial charge on any atom is -0.481 e. The lowest BCUT2D eigenvalue weighted by atomic mass is 10.1. The maximum absolute atomic E-state index is 10.9. The van der Waals surface area contributed by atoms with Crippen LogP contribution in [0.5, 0.6) is 0 Å². The summed E-state index contributed by atoms with van der Waals surface area (Å²) in [4.78, 5) is 13.2. The first-order valence-corrected chi connectivity index (χ1v) is 6.59. The Bertz CT molecular complexity index is 422. The van der Waals surface area contributed by atoms with Crippen molar-refractivity contribution in [3.05, 3.63) is 34.3 Å². The zero-order valence-electron chi connectivity index (χ0n) is 9.77. The van der Waals surface area contributed by atoms with Gasteiger partial charge in [-0.05, 0) is 37.6 Å². The average Bonchev–Trinajstić information content (AvgIpc) is 2.77. The van der Waals surface area contributed by atoms with Crippen molar-refractivity contribution in [1.29, 1.82) is 0 Å². The van der Waals surface area contributed by atoms with Gasteiger partial charge in [0.05, 0.1) is 5.92 Å². The first-order chi connectivity index (χ1) is 8.08. The van der Waals surface area contributed by atoms with Crippen molar-refractivity contribution in [2.75, 3.05) is 13.1 Å². The second-order valence-electron chi connectivity index (χ2n) is 4.55. The van der Waals surface area contributed by atoms with E-state index in [1.807, 2.05) is 12.1 Å². The molecule has 2 atom stereocenters. The predicted molar refractivity (Wildman–Crippen MR) is 69.9 cm³/mol. The van der Waals surface area contributed by atoms with Gasteiger partial charge in [0.15, 0.2) is 0 Å². The normalized spacial score (nSPS) is 22.6. The van der Waals surface area contributed by atoms with E-state index in [1.54, 1.807) is 0 Å². The third-order valence-corrected chi connectivity index (χ3v) is 3.94. The fraction of sp³-hybridized carbons (Fsp3) is 0.462. The van der Waals surface area contributed by atoms with Crippen molar-refractivity contribution in [1.82, 2.24) is 4.90 Å². The third kappa shape index (κ3) is 2.87. The molecular formula is C13H16BrNO2. The Balaban J connectivity index is 2.06. The lowest BCUT2D eigenvalue weighted by Crippen LogP contribution is -2.26. The van der Waals surface area contributed by atoms with Gasteiger partial charge in [-0.15, -0.1) is 0 Å². The van der Waals surface area contributed by atoms with Gasteiger partial charge in [-0.2, -0.15) is 0 Å². The molecule has 1 aromatic rings. The van der Waals surface area contributed by atoms with Crippen LogP contribution in [0.15, 0.2) is 28.7 Å². The smallest absolute Gasteiger partial charge is 0.307 e. The zero-order valence-corrected chi connectivity index (χ0v) is 11.4. The molecule has 17 heavy (non-hydrogen) atoms. The molecule has 0 spiro atoms. The van der Waals surface area contributed by atoms with E-state index >= 15 is 0 Å². The van der Waals surface area contributed by atoms with Gasteiger partial charge in [0.1, 0.15) is 0 Å². The van der Waals surface area contributed by atoms with Crippen molar-refractivity contribution in [3.63, 3.8) is 0 Å². The molecular weight excluding hydrogens is 282 g/mol. The SMILES string of the molecule is C[C@@H](c1cccc(Br)c1)N1CC[C@H](C(=O)O)C1. The summed E-state index contributed by atoms with van der Waals surface area (Å²) in [6, 6.07) is 8.47. The van der Waals surface area contributed by atoms with Crippen LogP contribution in [0.3, 0.4) is 0 Å². The molecule has 0 unspecified atom stereocenters. The van der Waals surface area contributed by atoms with Crippen molar-refractivity contribution in [2.24, 2.45) is 5.92 Å². The molecule has 1 heterocycles. The largest absolute Gasteiger partial charge is 0.481 e. The van der Waals surface area contributed by atoms with Crippen molar-refractivity contribution in [2.45, 2.75) is 19.4 Å². The fourth-order valence-electron chi connectivity index (χ4n) is 2.32. The maximum atomic E-state index is 10.9. The Kier molecular flexibility index (Phi) is 3.84. The number of carbonyl (C=O) groups is 1. The molecule has 1 saturated heterocycles. The molecule has 1 aliphatic rings. The van der Waals surface area contributed by atoms with E-state index in [9.17, 15) is 4.79 Å². The Morgan fingerprint density at radius 2 is 2.35 bits per heavy atom. The minimum absolute atomic E-state index is 0.204. The minimum atomic E-state index is -0.672. The van der Waals surface area contributed by atoms with E-state index in [0.29, 0.717) is 6.54 Å². The highest BCUT2D eigenvalue weighted by molar-refractivity contribution is 9.10. The molecule has 3 nitrogen and oxygen atoms in total. The van der Waals surface area contributed by atoms with Crippen LogP contribution in [0.2, 0.25) is 0 Å². The van der Waals surface area contributed by atoms with Crippen LogP contribution in [0, 0.1) is 5.92 Å². The molecule has 0 radical (unpaired) electrons. The van der Waals surface area contributed by atoms with Gasteiger partial charge in [-0.25, -0.2) is 0 Å². The lowest BCUT2D eigenvalue weighted by molar-refractivity contribution is -0.141. The summed E-state index contributed by atoms with van der Waals surface area (Å²) in [6.07, 6.45) is 0.758. The summed E-state index contributed by atoms with van der Waals surface area (Å²) in [7, 11) is 0. The summed E-state index contributed by atoms with van der Waals surface area (Å²) in [6.45, 7) is 3.65. The molecule has 2 rings (SSSR count). The van der Waals surface area contributed by atoms with Gasteiger partial charge in [-0.3, -0.25) is 9.69 Å². The van der Waals surface area contributed by atoms with Crippen LogP contribution in [0.1, 0.15) is 24.9 Å². The van der Waals surface area contributed by atoms with Gasteiger partial charge in [0.2, 0.25) is 0 Å². The number of carboxylic acids is 1. The Hall–Kier alpha value is -0.870. The number of hydrogen-bond donors (Lipinski definition) is 1. The molecule has 1 fully saturated rings. The van der Waals surface area contributed by atoms with Crippen LogP contribution in [-0.2, 0) is 4.79 Å². The number of nitrogens with zero attached hydrogens (tertiary/aromatic N) is 1. The van der Waals surface area contributed by atoms with E-state index in [1.165, 1.54) is 5.56 Å². The number of halogens is 1. The summed E-state index contributed by atoms with van der Waals surface area (Å²) < 4.78 is 1.07. The van der Waals surface area contributed by atoms with Gasteiger partial charge in [0, 0.05) is 17.1 Å². The average molecular weight is 298 g/mol. The van der Waals surface area contributed by atoms with Gasteiger partial charge >= 0.3 is 5.97 Å². The summed E-state index contributed by atoms with van der Waals surface area (Å²) >= 11 is 3.46. The van der Waals surface area contributed by atoms with E-state index in [0.717, 1.165) is 17.4 Å². The molecule has 0 aliphatic carbocycles. The summed E-state index contributed by atoms with van der Waals surface area (Å²) in [5.74, 6) is -0.876. The van der Waals surface area contributed by atoms with E-state index in [2.05, 4.69) is 39.9 Å². The predicted octanol–water partition coefficient (Wildman–Crippen LogP) is 2.92. The number of likely N-dealkylation sites (tertiary alicyclic amines) is 1. The topological polar surface area (TPSA) is 40.5 Å². The molecule has 0 amide bonds. The van der Waals surface area contributed by atoms with Crippen LogP contribution in [0.25, 0.3) is 0 Å². The number of hydrogen-bond acceptors (Lipinski definition) is 2. The quantitative estimate of drug-likeness (QED) is 0.932. The van der Waals surface area contributed by atoms with Gasteiger partial charge < -0.3 is 5.11 Å². The highest BCUT2D eigenvalue weighted by atomic mass is 79.9. The molecule has 92 valence electrons. The Morgan fingerprint density at radius 3 is 2.94 bits per heavy atom. The molecule has 4 heteroatoms. The van der Waals surface area contributed by atoms with Crippen molar-refractivity contribution < 1.29 is 9.90 Å². The molecule has 0 aromatic heterocycles. The molecule has 0 bridgehead atoms. The molecule has 1 aromatic carbocycles. The number of rotatable bonds is 3. The van der Waals surface area contributed by atoms with Crippen molar-refractivity contribution >= 4 is 21.9 Å². The van der Waals surface area contributed by atoms with Crippen LogP contribution < -0.4 is 0 Å². The Labute approximate surface area is 110 Å². The fourth-order valence-corrected chi connectivity index (χ4v) is 2.73. The standard InChI is InChI=1S/C13H16BrNO2/c1-9(10-3-2-4-12(14)7-10)15-6-5-11(8-15)13(16)17/h2-4,7,9,11H,5-6,8H2,1H3,(H,16,17)/t9-,11-/m0/s1. The number of carboxylic acid groups (broad SMARTS) is 1. The zero-order chi connectivity index (χ0) is 12.4. The summed E-state index contributed by atoms with van der Waals surface area (Å²) in [5, 5.41) is 8.99. The highest BCUT2D eigenvalue weighted by Crippen LogP contribution is 2.28. The molecule has 1 N–H and O–H groups in total. The van der Waals surface area contributed by atoms with Crippen LogP contribution in [-0.4, -0.2) is 29.1 Å². The molecule has 0 saturated carbocycles. The first kappa shape index (κ1) is 12.6. The van der Waals surface area contributed by atoms with Gasteiger partial charge in [-0.1, -0.05) is 28.1 Å². The van der Waals surface area contributed by atoms with Crippen LogP contribution >= 0.6 is 15.9 Å². The third-order valence-electron chi connectivity index (χ3n) is 3.45. The second kappa shape index (κ2) is 5.19. The van der Waals surface area contributed by atoms with Gasteiger partial charge in [0.25, 0.3) is 0 Å². The van der Waals surface area contributed by atoms with E-state index in [4.69, 9.17) is 5.11 Å². The highest BCUT2D eigenvalue weighted by Gasteiger charge is 2.30. The maximum Gasteiger partial charge on any atom is 0.307 e. The number of aliphatic carboxylic acids is 1. The van der Waals surface area contributed by atoms with E-state index in [-0.39, 0.29) is 12.0 Å². The monoisotopic (exact) mass is 297 g/mol. The lowest BCUT2D eigenvalue weighted by Gasteiger charge is -2.24. The Morgan fingerprint density at radius 1 is 1.59 bits per heavy atom. The molecule has 1 aliphatic heterocycles. The number of benzene rings is 1. The van der Waals surface area contributed by atoms with E-state index < -0.39 is 5.97 Å². The first-order valence-electron chi connectivity index (χ1n) is 5.80. The van der Waals surface area contributed by atoms with Crippen molar-refractivity contribution in [3.8, 4) is 0 Å². The second-order valence-corrected chi connectivity index (χ2v) is 5.47. The summed E-state index contributed by atoms with van der Waals surface area (Å²) in [5.41, 5.74) is 1.23. The van der Waals surface area contributed by atoms with Crippen LogP contribution in [0.4, 0.5) is 0 Å².